The largest absolute Gasteiger partial charge is 0.491 e. The number of hydrogen-bond donors (Lipinski definition) is 2. The first-order valence-corrected chi connectivity index (χ1v) is 7.92. The maximum atomic E-state index is 11.1. The Balaban J connectivity index is 1.69. The van der Waals surface area contributed by atoms with Crippen molar-refractivity contribution in [3.8, 4) is 5.75 Å². The van der Waals surface area contributed by atoms with Crippen LogP contribution < -0.4 is 10.5 Å². The van der Waals surface area contributed by atoms with Gasteiger partial charge in [-0.3, -0.25) is 4.79 Å². The van der Waals surface area contributed by atoms with Crippen LogP contribution in [-0.4, -0.2) is 48.3 Å². The predicted molar refractivity (Wildman–Crippen MR) is 84.0 cm³/mol. The number of likely N-dealkylation sites (tertiary alicyclic amines) is 1. The molecule has 0 saturated carbocycles. The molecule has 0 radical (unpaired) electrons. The number of amides is 1. The molecule has 5 nitrogen and oxygen atoms in total. The van der Waals surface area contributed by atoms with Gasteiger partial charge in [-0.2, -0.15) is 0 Å². The second kappa shape index (κ2) is 7.77. The van der Waals surface area contributed by atoms with Crippen molar-refractivity contribution >= 4 is 21.8 Å². The molecule has 6 heteroatoms. The fourth-order valence-corrected chi connectivity index (χ4v) is 2.74. The molecule has 1 atom stereocenters. The Labute approximate surface area is 133 Å². The van der Waals surface area contributed by atoms with Gasteiger partial charge in [0.05, 0.1) is 0 Å². The highest BCUT2D eigenvalue weighted by atomic mass is 79.9. The van der Waals surface area contributed by atoms with Crippen molar-refractivity contribution in [3.63, 3.8) is 0 Å². The first-order chi connectivity index (χ1) is 10.0. The van der Waals surface area contributed by atoms with Gasteiger partial charge in [-0.1, -0.05) is 15.9 Å². The molecule has 1 aromatic carbocycles. The van der Waals surface area contributed by atoms with Crippen molar-refractivity contribution in [1.82, 2.24) is 4.90 Å². The standard InChI is InChI=1S/C15H21BrN2O3/c16-12-1-3-14(4-2-12)21-10-13(19)9-18-7-5-11(6-8-18)15(17)20/h1-4,11,13,19H,5-10H2,(H2,17,20). The van der Waals surface area contributed by atoms with Crippen LogP contribution in [0.15, 0.2) is 28.7 Å². The van der Waals surface area contributed by atoms with E-state index in [4.69, 9.17) is 10.5 Å². The molecule has 1 saturated heterocycles. The van der Waals surface area contributed by atoms with Gasteiger partial charge in [-0.15, -0.1) is 0 Å². The summed E-state index contributed by atoms with van der Waals surface area (Å²) in [6.45, 7) is 2.41. The van der Waals surface area contributed by atoms with Crippen LogP contribution in [0, 0.1) is 5.92 Å². The number of rotatable bonds is 6. The van der Waals surface area contributed by atoms with Gasteiger partial charge in [0.1, 0.15) is 18.5 Å². The lowest BCUT2D eigenvalue weighted by molar-refractivity contribution is -0.123. The number of hydrogen-bond acceptors (Lipinski definition) is 4. The highest BCUT2D eigenvalue weighted by Crippen LogP contribution is 2.18. The molecule has 0 aromatic heterocycles. The first kappa shape index (κ1) is 16.3. The van der Waals surface area contributed by atoms with E-state index < -0.39 is 6.10 Å². The van der Waals surface area contributed by atoms with Crippen molar-refractivity contribution in [1.29, 1.82) is 0 Å². The SMILES string of the molecule is NC(=O)C1CCN(CC(O)COc2ccc(Br)cc2)CC1. The first-order valence-electron chi connectivity index (χ1n) is 7.12. The Morgan fingerprint density at radius 2 is 2.00 bits per heavy atom. The van der Waals surface area contributed by atoms with Crippen LogP contribution in [0.4, 0.5) is 0 Å². The van der Waals surface area contributed by atoms with Crippen molar-refractivity contribution < 1.29 is 14.6 Å². The monoisotopic (exact) mass is 356 g/mol. The molecule has 0 aliphatic carbocycles. The fourth-order valence-electron chi connectivity index (χ4n) is 2.47. The number of nitrogens with two attached hydrogens (primary N) is 1. The molecule has 1 aromatic rings. The van der Waals surface area contributed by atoms with Crippen molar-refractivity contribution in [2.45, 2.75) is 18.9 Å². The molecule has 1 amide bonds. The maximum Gasteiger partial charge on any atom is 0.220 e. The summed E-state index contributed by atoms with van der Waals surface area (Å²) < 4.78 is 6.55. The van der Waals surface area contributed by atoms with Crippen LogP contribution in [0.2, 0.25) is 0 Å². The number of primary amides is 1. The summed E-state index contributed by atoms with van der Waals surface area (Å²) in [4.78, 5) is 13.2. The van der Waals surface area contributed by atoms with Crippen LogP contribution in [0.1, 0.15) is 12.8 Å². The fraction of sp³-hybridized carbons (Fsp3) is 0.533. The Kier molecular flexibility index (Phi) is 6.02. The zero-order valence-corrected chi connectivity index (χ0v) is 13.5. The number of carbonyl (C=O) groups excluding carboxylic acids is 1. The number of halogens is 1. The molecule has 21 heavy (non-hydrogen) atoms. The summed E-state index contributed by atoms with van der Waals surface area (Å²) in [6, 6.07) is 7.51. The molecule has 1 aliphatic rings. The minimum absolute atomic E-state index is 0.0163. The van der Waals surface area contributed by atoms with Gasteiger partial charge in [0, 0.05) is 16.9 Å². The molecular weight excluding hydrogens is 336 g/mol. The zero-order valence-electron chi connectivity index (χ0n) is 11.9. The summed E-state index contributed by atoms with van der Waals surface area (Å²) in [5, 5.41) is 10.0. The third-order valence-electron chi connectivity index (χ3n) is 3.71. The zero-order chi connectivity index (χ0) is 15.2. The smallest absolute Gasteiger partial charge is 0.220 e. The van der Waals surface area contributed by atoms with E-state index in [2.05, 4.69) is 20.8 Å². The number of benzene rings is 1. The van der Waals surface area contributed by atoms with E-state index in [9.17, 15) is 9.90 Å². The number of β-amino-alcohol motifs (C(OH)–C–C–N with tert-alkyl or cyclic N) is 1. The van der Waals surface area contributed by atoms with E-state index in [0.29, 0.717) is 6.54 Å². The van der Waals surface area contributed by atoms with Gasteiger partial charge in [-0.25, -0.2) is 0 Å². The van der Waals surface area contributed by atoms with Crippen LogP contribution in [-0.2, 0) is 4.79 Å². The van der Waals surface area contributed by atoms with E-state index in [1.54, 1.807) is 0 Å². The normalized spacial score (nSPS) is 18.4. The van der Waals surface area contributed by atoms with E-state index in [1.807, 2.05) is 24.3 Å². The maximum absolute atomic E-state index is 11.1. The Morgan fingerprint density at radius 1 is 1.38 bits per heavy atom. The molecule has 1 fully saturated rings. The van der Waals surface area contributed by atoms with Gasteiger partial charge in [-0.05, 0) is 50.2 Å². The van der Waals surface area contributed by atoms with E-state index in [0.717, 1.165) is 36.2 Å². The molecule has 1 unspecified atom stereocenters. The minimum atomic E-state index is -0.543. The number of aliphatic hydroxyl groups excluding tert-OH is 1. The van der Waals surface area contributed by atoms with E-state index >= 15 is 0 Å². The molecule has 3 N–H and O–H groups in total. The third kappa shape index (κ3) is 5.30. The Morgan fingerprint density at radius 3 is 2.57 bits per heavy atom. The minimum Gasteiger partial charge on any atom is -0.491 e. The number of ether oxygens (including phenoxy) is 1. The van der Waals surface area contributed by atoms with Gasteiger partial charge >= 0.3 is 0 Å². The highest BCUT2D eigenvalue weighted by Gasteiger charge is 2.24. The van der Waals surface area contributed by atoms with Gasteiger partial charge < -0.3 is 20.5 Å². The molecule has 1 heterocycles. The van der Waals surface area contributed by atoms with Crippen molar-refractivity contribution in [3.05, 3.63) is 28.7 Å². The lowest BCUT2D eigenvalue weighted by Crippen LogP contribution is -2.43. The van der Waals surface area contributed by atoms with Crippen LogP contribution in [0.5, 0.6) is 5.75 Å². The molecule has 1 aliphatic heterocycles. The van der Waals surface area contributed by atoms with E-state index in [-0.39, 0.29) is 18.4 Å². The lowest BCUT2D eigenvalue weighted by atomic mass is 9.96. The van der Waals surface area contributed by atoms with Crippen molar-refractivity contribution in [2.75, 3.05) is 26.2 Å². The number of nitrogens with zero attached hydrogens (tertiary/aromatic N) is 1. The molecule has 0 spiro atoms. The van der Waals surface area contributed by atoms with Crippen molar-refractivity contribution in [2.24, 2.45) is 11.7 Å². The number of piperidine rings is 1. The molecule has 116 valence electrons. The molecule has 0 bridgehead atoms. The number of aliphatic hydroxyl groups is 1. The quantitative estimate of drug-likeness (QED) is 0.807. The summed E-state index contributed by atoms with van der Waals surface area (Å²) in [6.07, 6.45) is 1.00. The second-order valence-electron chi connectivity index (χ2n) is 5.40. The highest BCUT2D eigenvalue weighted by molar-refractivity contribution is 9.10. The average Bonchev–Trinajstić information content (AvgIpc) is 2.47. The Hall–Kier alpha value is -1.11. The summed E-state index contributed by atoms with van der Waals surface area (Å²) in [7, 11) is 0. The average molecular weight is 357 g/mol. The lowest BCUT2D eigenvalue weighted by Gasteiger charge is -2.31. The van der Waals surface area contributed by atoms with Gasteiger partial charge in [0.25, 0.3) is 0 Å². The molecular formula is C15H21BrN2O3. The van der Waals surface area contributed by atoms with Crippen LogP contribution in [0.3, 0.4) is 0 Å². The van der Waals surface area contributed by atoms with Gasteiger partial charge in [0.15, 0.2) is 0 Å². The predicted octanol–water partition coefficient (Wildman–Crippen LogP) is 1.39. The van der Waals surface area contributed by atoms with Gasteiger partial charge in [0.2, 0.25) is 5.91 Å². The second-order valence-corrected chi connectivity index (χ2v) is 6.31. The topological polar surface area (TPSA) is 75.8 Å². The third-order valence-corrected chi connectivity index (χ3v) is 4.24. The van der Waals surface area contributed by atoms with Crippen LogP contribution >= 0.6 is 15.9 Å². The van der Waals surface area contributed by atoms with Crippen LogP contribution in [0.25, 0.3) is 0 Å². The summed E-state index contributed by atoms with van der Waals surface area (Å²) in [5.41, 5.74) is 5.31. The number of carbonyl (C=O) groups is 1. The summed E-state index contributed by atoms with van der Waals surface area (Å²) in [5.74, 6) is 0.510. The van der Waals surface area contributed by atoms with E-state index in [1.165, 1.54) is 0 Å². The molecule has 2 rings (SSSR count). The Bertz CT molecular complexity index is 458. The summed E-state index contributed by atoms with van der Waals surface area (Å²) >= 11 is 3.36.